The molecule has 1 aliphatic rings. The van der Waals surface area contributed by atoms with Crippen LogP contribution in [-0.2, 0) is 9.53 Å². The third-order valence-corrected chi connectivity index (χ3v) is 3.75. The molecule has 23 heavy (non-hydrogen) atoms. The number of urea groups is 1. The van der Waals surface area contributed by atoms with Crippen molar-refractivity contribution in [1.82, 2.24) is 10.6 Å². The van der Waals surface area contributed by atoms with Crippen LogP contribution < -0.4 is 16.0 Å². The molecule has 7 heteroatoms. The minimum absolute atomic E-state index is 0.141. The quantitative estimate of drug-likeness (QED) is 0.721. The van der Waals surface area contributed by atoms with Gasteiger partial charge in [-0.1, -0.05) is 17.7 Å². The summed E-state index contributed by atoms with van der Waals surface area (Å²) in [7, 11) is 0. The lowest BCUT2D eigenvalue weighted by molar-refractivity contribution is -0.138. The van der Waals surface area contributed by atoms with Crippen LogP contribution >= 0.6 is 11.6 Å². The van der Waals surface area contributed by atoms with Crippen LogP contribution in [0.3, 0.4) is 0 Å². The zero-order chi connectivity index (χ0) is 17.0. The number of hydrogen-bond donors (Lipinski definition) is 3. The van der Waals surface area contributed by atoms with Crippen molar-refractivity contribution in [2.75, 3.05) is 25.0 Å². The normalized spacial score (nSPS) is 14.2. The predicted molar refractivity (Wildman–Crippen MR) is 89.6 cm³/mol. The van der Waals surface area contributed by atoms with E-state index in [0.29, 0.717) is 16.3 Å². The summed E-state index contributed by atoms with van der Waals surface area (Å²) < 4.78 is 5.02. The van der Waals surface area contributed by atoms with E-state index in [4.69, 9.17) is 16.3 Å². The maximum absolute atomic E-state index is 12.0. The number of aryl methyl sites for hydroxylation is 2. The molecular formula is C16H20ClN3O3. The van der Waals surface area contributed by atoms with Gasteiger partial charge in [-0.05, 0) is 38.0 Å². The van der Waals surface area contributed by atoms with Crippen molar-refractivity contribution >= 4 is 29.3 Å². The molecule has 3 N–H and O–H groups in total. The molecule has 0 spiro atoms. The summed E-state index contributed by atoms with van der Waals surface area (Å²) in [6.45, 7) is 6.34. The van der Waals surface area contributed by atoms with Crippen LogP contribution in [0.2, 0.25) is 5.02 Å². The monoisotopic (exact) mass is 337 g/mol. The summed E-state index contributed by atoms with van der Waals surface area (Å²) in [5.41, 5.74) is 3.73. The van der Waals surface area contributed by atoms with Gasteiger partial charge < -0.3 is 20.7 Å². The molecule has 1 aliphatic heterocycles. The molecule has 6 nitrogen and oxygen atoms in total. The van der Waals surface area contributed by atoms with Gasteiger partial charge in [0.15, 0.2) is 0 Å². The standard InChI is InChI=1S/C16H20ClN3O3/c1-4-23-15(21)11-7-19-16(22)20-13(11)8-18-14-10(3)5-9(2)6-12(14)17/h5-6,18H,4,7-8H2,1-3H3,(H2,19,20,22). The number of hydrogen-bond acceptors (Lipinski definition) is 4. The number of ether oxygens (including phenoxy) is 1. The second kappa shape index (κ2) is 7.37. The maximum Gasteiger partial charge on any atom is 0.337 e. The van der Waals surface area contributed by atoms with Crippen LogP contribution in [0.5, 0.6) is 0 Å². The summed E-state index contributed by atoms with van der Waals surface area (Å²) >= 11 is 6.26. The van der Waals surface area contributed by atoms with E-state index in [2.05, 4.69) is 16.0 Å². The molecule has 2 rings (SSSR count). The van der Waals surface area contributed by atoms with E-state index in [9.17, 15) is 9.59 Å². The van der Waals surface area contributed by atoms with Gasteiger partial charge in [0.2, 0.25) is 0 Å². The molecule has 0 unspecified atom stereocenters. The fourth-order valence-electron chi connectivity index (χ4n) is 2.41. The Balaban J connectivity index is 2.21. The van der Waals surface area contributed by atoms with E-state index in [1.165, 1.54) is 0 Å². The third kappa shape index (κ3) is 4.16. The fourth-order valence-corrected chi connectivity index (χ4v) is 2.80. The van der Waals surface area contributed by atoms with Crippen LogP contribution in [0.4, 0.5) is 10.5 Å². The Kier molecular flexibility index (Phi) is 5.50. The van der Waals surface area contributed by atoms with Gasteiger partial charge in [0, 0.05) is 0 Å². The number of esters is 1. The number of anilines is 1. The van der Waals surface area contributed by atoms with Crippen molar-refractivity contribution in [3.63, 3.8) is 0 Å². The third-order valence-electron chi connectivity index (χ3n) is 3.45. The first kappa shape index (κ1) is 17.1. The summed E-state index contributed by atoms with van der Waals surface area (Å²) in [6.07, 6.45) is 0. The molecule has 124 valence electrons. The van der Waals surface area contributed by atoms with Crippen molar-refractivity contribution in [3.8, 4) is 0 Å². The van der Waals surface area contributed by atoms with Crippen LogP contribution in [0.15, 0.2) is 23.4 Å². The second-order valence-electron chi connectivity index (χ2n) is 5.28. The van der Waals surface area contributed by atoms with Crippen LogP contribution in [0.25, 0.3) is 0 Å². The zero-order valence-corrected chi connectivity index (χ0v) is 14.1. The van der Waals surface area contributed by atoms with Crippen molar-refractivity contribution < 1.29 is 14.3 Å². The number of carbonyl (C=O) groups excluding carboxylic acids is 2. The summed E-state index contributed by atoms with van der Waals surface area (Å²) in [5.74, 6) is -0.441. The largest absolute Gasteiger partial charge is 0.463 e. The highest BCUT2D eigenvalue weighted by molar-refractivity contribution is 6.33. The number of amides is 2. The van der Waals surface area contributed by atoms with Gasteiger partial charge >= 0.3 is 12.0 Å². The lowest BCUT2D eigenvalue weighted by Gasteiger charge is -2.22. The highest BCUT2D eigenvalue weighted by Gasteiger charge is 2.23. The number of halogens is 1. The zero-order valence-electron chi connectivity index (χ0n) is 13.4. The predicted octanol–water partition coefficient (Wildman–Crippen LogP) is 2.50. The molecule has 0 saturated heterocycles. The van der Waals surface area contributed by atoms with E-state index in [-0.39, 0.29) is 25.7 Å². The highest BCUT2D eigenvalue weighted by atomic mass is 35.5. The SMILES string of the molecule is CCOC(=O)C1=C(CNc2c(C)cc(C)cc2Cl)NC(=O)NC1. The first-order valence-electron chi connectivity index (χ1n) is 7.37. The van der Waals surface area contributed by atoms with E-state index in [1.54, 1.807) is 6.92 Å². The van der Waals surface area contributed by atoms with Gasteiger partial charge in [-0.15, -0.1) is 0 Å². The lowest BCUT2D eigenvalue weighted by atomic mass is 10.1. The van der Waals surface area contributed by atoms with Crippen LogP contribution in [0.1, 0.15) is 18.1 Å². The molecule has 0 radical (unpaired) electrons. The molecule has 2 amide bonds. The highest BCUT2D eigenvalue weighted by Crippen LogP contribution is 2.27. The van der Waals surface area contributed by atoms with Gasteiger partial charge in [-0.25, -0.2) is 9.59 Å². The lowest BCUT2D eigenvalue weighted by Crippen LogP contribution is -2.45. The average molecular weight is 338 g/mol. The smallest absolute Gasteiger partial charge is 0.337 e. The summed E-state index contributed by atoms with van der Waals surface area (Å²) in [5, 5.41) is 9.00. The number of nitrogens with one attached hydrogen (secondary N) is 3. The molecule has 1 aromatic carbocycles. The minimum Gasteiger partial charge on any atom is -0.463 e. The number of carbonyl (C=O) groups is 2. The molecule has 0 atom stereocenters. The van der Waals surface area contributed by atoms with Gasteiger partial charge in [0.05, 0.1) is 41.7 Å². The summed E-state index contributed by atoms with van der Waals surface area (Å²) in [4.78, 5) is 23.5. The first-order chi connectivity index (χ1) is 10.9. The Morgan fingerprint density at radius 3 is 2.78 bits per heavy atom. The molecule has 0 aromatic heterocycles. The van der Waals surface area contributed by atoms with E-state index in [1.807, 2.05) is 26.0 Å². The average Bonchev–Trinajstić information content (AvgIpc) is 2.46. The van der Waals surface area contributed by atoms with Gasteiger partial charge in [0.1, 0.15) is 0 Å². The maximum atomic E-state index is 12.0. The van der Waals surface area contributed by atoms with E-state index >= 15 is 0 Å². The van der Waals surface area contributed by atoms with Crippen molar-refractivity contribution in [2.24, 2.45) is 0 Å². The van der Waals surface area contributed by atoms with Crippen LogP contribution in [0, 0.1) is 13.8 Å². The Labute approximate surface area is 140 Å². The van der Waals surface area contributed by atoms with Crippen molar-refractivity contribution in [1.29, 1.82) is 0 Å². The molecule has 0 aliphatic carbocycles. The molecule has 0 fully saturated rings. The van der Waals surface area contributed by atoms with Gasteiger partial charge in [0.25, 0.3) is 0 Å². The molecule has 1 aromatic rings. The molecule has 1 heterocycles. The fraction of sp³-hybridized carbons (Fsp3) is 0.375. The Hall–Kier alpha value is -2.21. The minimum atomic E-state index is -0.441. The topological polar surface area (TPSA) is 79.5 Å². The van der Waals surface area contributed by atoms with Crippen molar-refractivity contribution in [3.05, 3.63) is 39.6 Å². The molecular weight excluding hydrogens is 318 g/mol. The second-order valence-corrected chi connectivity index (χ2v) is 5.68. The number of benzene rings is 1. The van der Waals surface area contributed by atoms with E-state index < -0.39 is 5.97 Å². The van der Waals surface area contributed by atoms with E-state index in [0.717, 1.165) is 16.8 Å². The van der Waals surface area contributed by atoms with Gasteiger partial charge in [-0.3, -0.25) is 0 Å². The van der Waals surface area contributed by atoms with Crippen molar-refractivity contribution in [2.45, 2.75) is 20.8 Å². The Morgan fingerprint density at radius 2 is 2.13 bits per heavy atom. The molecule has 0 saturated carbocycles. The summed E-state index contributed by atoms with van der Waals surface area (Å²) in [6, 6.07) is 3.52. The Bertz CT molecular complexity index is 648. The first-order valence-corrected chi connectivity index (χ1v) is 7.74. The Morgan fingerprint density at radius 1 is 1.39 bits per heavy atom. The molecule has 0 bridgehead atoms. The number of rotatable bonds is 5. The van der Waals surface area contributed by atoms with Gasteiger partial charge in [-0.2, -0.15) is 0 Å². The van der Waals surface area contributed by atoms with Crippen LogP contribution in [-0.4, -0.2) is 31.7 Å².